The van der Waals surface area contributed by atoms with Crippen LogP contribution in [0.25, 0.3) is 0 Å². The molecule has 0 saturated carbocycles. The molecular weight excluding hydrogens is 490 g/mol. The van der Waals surface area contributed by atoms with Gasteiger partial charge in [0.1, 0.15) is 6.10 Å². The van der Waals surface area contributed by atoms with Gasteiger partial charge in [0.25, 0.3) is 0 Å². The molecule has 2 aliphatic rings. The van der Waals surface area contributed by atoms with Gasteiger partial charge in [-0.25, -0.2) is 0 Å². The van der Waals surface area contributed by atoms with E-state index in [4.69, 9.17) is 9.16 Å². The number of ketones is 1. The summed E-state index contributed by atoms with van der Waals surface area (Å²) >= 11 is 0. The summed E-state index contributed by atoms with van der Waals surface area (Å²) in [6, 6.07) is 20.6. The van der Waals surface area contributed by atoms with Crippen molar-refractivity contribution >= 4 is 20.1 Å². The minimum Gasteiger partial charge on any atom is -0.460 e. The summed E-state index contributed by atoms with van der Waals surface area (Å²) in [5.41, 5.74) is 4.14. The topological polar surface area (TPSA) is 55.8 Å². The second-order valence-electron chi connectivity index (χ2n) is 12.3. The summed E-state index contributed by atoms with van der Waals surface area (Å²) in [5, 5.41) is 0.0142. The van der Waals surface area contributed by atoms with Crippen molar-refractivity contribution in [3.8, 4) is 0 Å². The Morgan fingerprint density at radius 1 is 0.974 bits per heavy atom. The highest BCUT2D eigenvalue weighted by molar-refractivity contribution is 6.74. The molecule has 0 unspecified atom stereocenters. The third kappa shape index (κ3) is 5.81. The molecule has 0 N–H and O–H groups in total. The van der Waals surface area contributed by atoms with Crippen LogP contribution in [0.3, 0.4) is 0 Å². The van der Waals surface area contributed by atoms with Crippen LogP contribution in [0.5, 0.6) is 0 Å². The number of ether oxygens (including phenoxy) is 1. The van der Waals surface area contributed by atoms with E-state index in [1.165, 1.54) is 6.92 Å². The smallest absolute Gasteiger partial charge is 0.302 e. The van der Waals surface area contributed by atoms with Crippen molar-refractivity contribution in [1.29, 1.82) is 0 Å². The highest BCUT2D eigenvalue weighted by Crippen LogP contribution is 2.49. The van der Waals surface area contributed by atoms with Gasteiger partial charge in [0, 0.05) is 31.0 Å². The first kappa shape index (κ1) is 28.3. The van der Waals surface area contributed by atoms with E-state index in [-0.39, 0.29) is 35.0 Å². The summed E-state index contributed by atoms with van der Waals surface area (Å²) in [6.45, 7) is 15.0. The molecule has 0 saturated heterocycles. The average Bonchev–Trinajstić information content (AvgIpc) is 2.86. The highest BCUT2D eigenvalue weighted by Gasteiger charge is 2.47. The quantitative estimate of drug-likeness (QED) is 0.272. The van der Waals surface area contributed by atoms with E-state index in [9.17, 15) is 9.59 Å². The molecule has 6 heteroatoms. The molecule has 0 spiro atoms. The van der Waals surface area contributed by atoms with Gasteiger partial charge in [0.2, 0.25) is 0 Å². The normalized spacial score (nSPS) is 22.1. The first-order valence-electron chi connectivity index (χ1n) is 13.9. The Labute approximate surface area is 229 Å². The van der Waals surface area contributed by atoms with Crippen LogP contribution < -0.4 is 0 Å². The van der Waals surface area contributed by atoms with E-state index in [1.807, 2.05) is 12.1 Å². The van der Waals surface area contributed by atoms with E-state index in [2.05, 4.69) is 94.2 Å². The van der Waals surface area contributed by atoms with Crippen LogP contribution in [-0.4, -0.2) is 37.1 Å². The minimum atomic E-state index is -2.23. The fourth-order valence-corrected chi connectivity index (χ4v) is 6.80. The fourth-order valence-electron chi connectivity index (χ4n) is 5.55. The lowest BCUT2D eigenvalue weighted by atomic mass is 9.81. The predicted molar refractivity (Wildman–Crippen MR) is 154 cm³/mol. The van der Waals surface area contributed by atoms with Crippen LogP contribution in [0.15, 0.2) is 71.9 Å². The molecule has 204 valence electrons. The molecule has 38 heavy (non-hydrogen) atoms. The minimum absolute atomic E-state index is 0.0142. The molecule has 4 atom stereocenters. The Morgan fingerprint density at radius 2 is 1.55 bits per heavy atom. The highest BCUT2D eigenvalue weighted by atomic mass is 28.4. The molecule has 5 nitrogen and oxygen atoms in total. The van der Waals surface area contributed by atoms with Crippen molar-refractivity contribution in [2.75, 3.05) is 0 Å². The fraction of sp³-hybridized carbons (Fsp3) is 0.500. The molecule has 0 bridgehead atoms. The maximum absolute atomic E-state index is 13.2. The second-order valence-corrected chi connectivity index (χ2v) is 17.0. The lowest BCUT2D eigenvalue weighted by Gasteiger charge is -2.51. The number of nitrogens with zero attached hydrogens (tertiary/aromatic N) is 1. The first-order chi connectivity index (χ1) is 17.9. The van der Waals surface area contributed by atoms with Crippen LogP contribution in [0.4, 0.5) is 0 Å². The zero-order valence-corrected chi connectivity index (χ0v) is 25.0. The van der Waals surface area contributed by atoms with Gasteiger partial charge in [-0.3, -0.25) is 9.59 Å². The van der Waals surface area contributed by atoms with E-state index < -0.39 is 14.4 Å². The molecule has 0 fully saturated rings. The molecule has 0 amide bonds. The largest absolute Gasteiger partial charge is 0.460 e. The van der Waals surface area contributed by atoms with E-state index in [0.717, 1.165) is 35.2 Å². The zero-order valence-electron chi connectivity index (χ0n) is 24.0. The van der Waals surface area contributed by atoms with Gasteiger partial charge in [0.15, 0.2) is 14.1 Å². The standard InChI is InChI=1S/C32H43NO4Si/c1-22-29(36-23(2)34)21-26-27(19-14-20-28(26)35)33(22)30(24-15-10-8-11-16-24)31(25-17-12-9-13-18-25)37-38(6,7)32(3,4)5/h8-13,15-18,22,29-31H,14,19-21H2,1-7H3/t22-,29+,30-,31+/m1/s1. The number of rotatable bonds is 7. The Balaban J connectivity index is 1.95. The van der Waals surface area contributed by atoms with Crippen LogP contribution in [-0.2, 0) is 18.8 Å². The van der Waals surface area contributed by atoms with Crippen molar-refractivity contribution in [2.24, 2.45) is 0 Å². The SMILES string of the molecule is CC(=O)O[C@H]1CC2=C(CCCC2=O)N([C@H](c2ccccc2)[C@@H](O[Si](C)(C)C(C)(C)C)c2ccccc2)[C@@H]1C. The van der Waals surface area contributed by atoms with Gasteiger partial charge in [-0.05, 0) is 49.0 Å². The van der Waals surface area contributed by atoms with Gasteiger partial charge in [-0.1, -0.05) is 81.4 Å². The van der Waals surface area contributed by atoms with Crippen LogP contribution in [0, 0.1) is 0 Å². The summed E-state index contributed by atoms with van der Waals surface area (Å²) in [4.78, 5) is 27.7. The van der Waals surface area contributed by atoms with Gasteiger partial charge >= 0.3 is 5.97 Å². The summed E-state index contributed by atoms with van der Waals surface area (Å²) in [6.07, 6.45) is 2.02. The Morgan fingerprint density at radius 3 is 2.11 bits per heavy atom. The molecule has 4 rings (SSSR count). The van der Waals surface area contributed by atoms with Crippen molar-refractivity contribution in [3.63, 3.8) is 0 Å². The number of Topliss-reactive ketones (excluding diaryl/α,β-unsaturated/α-hetero) is 1. The summed E-state index contributed by atoms with van der Waals surface area (Å²) in [5.74, 6) is -0.142. The van der Waals surface area contributed by atoms with Crippen molar-refractivity contribution in [2.45, 2.75) is 103 Å². The van der Waals surface area contributed by atoms with E-state index in [0.29, 0.717) is 12.8 Å². The molecule has 2 aromatic carbocycles. The number of hydrogen-bond donors (Lipinski definition) is 0. The maximum atomic E-state index is 13.2. The Kier molecular flexibility index (Phi) is 8.34. The lowest BCUT2D eigenvalue weighted by molar-refractivity contribution is -0.151. The van der Waals surface area contributed by atoms with Gasteiger partial charge in [0.05, 0.1) is 18.2 Å². The summed E-state index contributed by atoms with van der Waals surface area (Å²) < 4.78 is 13.2. The molecule has 0 radical (unpaired) electrons. The molecule has 0 aromatic heterocycles. The number of benzene rings is 2. The van der Waals surface area contributed by atoms with Crippen LogP contribution in [0.1, 0.15) is 83.6 Å². The van der Waals surface area contributed by atoms with Gasteiger partial charge in [-0.15, -0.1) is 0 Å². The number of carbonyl (C=O) groups excluding carboxylic acids is 2. The number of esters is 1. The molecular formula is C32H43NO4Si. The van der Waals surface area contributed by atoms with Crippen molar-refractivity contribution in [3.05, 3.63) is 83.1 Å². The Bertz CT molecular complexity index is 1170. The monoisotopic (exact) mass is 533 g/mol. The van der Waals surface area contributed by atoms with E-state index in [1.54, 1.807) is 0 Å². The number of hydrogen-bond acceptors (Lipinski definition) is 5. The van der Waals surface area contributed by atoms with Gasteiger partial charge < -0.3 is 14.1 Å². The molecule has 2 aromatic rings. The number of allylic oxidation sites excluding steroid dienone is 1. The van der Waals surface area contributed by atoms with Crippen LogP contribution in [0.2, 0.25) is 18.1 Å². The first-order valence-corrected chi connectivity index (χ1v) is 16.8. The molecule has 1 aliphatic carbocycles. The number of carbonyl (C=O) groups is 2. The zero-order chi connectivity index (χ0) is 27.7. The third-order valence-electron chi connectivity index (χ3n) is 8.60. The molecule has 1 aliphatic heterocycles. The second kappa shape index (κ2) is 11.2. The molecule has 1 heterocycles. The summed E-state index contributed by atoms with van der Waals surface area (Å²) in [7, 11) is -2.23. The lowest BCUT2D eigenvalue weighted by Crippen LogP contribution is -2.52. The van der Waals surface area contributed by atoms with Crippen molar-refractivity contribution < 1.29 is 18.8 Å². The maximum Gasteiger partial charge on any atom is 0.302 e. The predicted octanol–water partition coefficient (Wildman–Crippen LogP) is 7.52. The van der Waals surface area contributed by atoms with Crippen molar-refractivity contribution in [1.82, 2.24) is 4.90 Å². The van der Waals surface area contributed by atoms with Crippen LogP contribution >= 0.6 is 0 Å². The average molecular weight is 534 g/mol. The third-order valence-corrected chi connectivity index (χ3v) is 13.1. The van der Waals surface area contributed by atoms with E-state index >= 15 is 0 Å². The Hall–Kier alpha value is -2.70. The van der Waals surface area contributed by atoms with Gasteiger partial charge in [-0.2, -0.15) is 0 Å².